The summed E-state index contributed by atoms with van der Waals surface area (Å²) in [4.78, 5) is 12.4. The maximum absolute atomic E-state index is 12.4. The van der Waals surface area contributed by atoms with Crippen LogP contribution in [0.1, 0.15) is 32.1 Å². The maximum atomic E-state index is 12.4. The Morgan fingerprint density at radius 2 is 1.72 bits per heavy atom. The molecule has 98 valence electrons. The van der Waals surface area contributed by atoms with Crippen LogP contribution in [0.5, 0.6) is 0 Å². The number of carbonyl (C=O) groups excluding carboxylic acids is 1. The van der Waals surface area contributed by atoms with Gasteiger partial charge in [-0.15, -0.1) is 0 Å². The summed E-state index contributed by atoms with van der Waals surface area (Å²) in [5.74, 6) is 3.55. The fraction of sp³-hybridized carbons (Fsp3) is 0.933. The van der Waals surface area contributed by atoms with Crippen LogP contribution in [-0.4, -0.2) is 23.8 Å². The maximum Gasteiger partial charge on any atom is 0.314 e. The first-order valence-electron chi connectivity index (χ1n) is 7.42. The quantitative estimate of drug-likeness (QED) is 0.717. The third-order valence-corrected chi connectivity index (χ3v) is 7.56. The number of aliphatic hydroxyl groups is 1. The Hall–Kier alpha value is -0.570. The summed E-state index contributed by atoms with van der Waals surface area (Å²) >= 11 is 0. The van der Waals surface area contributed by atoms with Crippen molar-refractivity contribution >= 4 is 5.97 Å². The van der Waals surface area contributed by atoms with Crippen LogP contribution in [0.4, 0.5) is 0 Å². The monoisotopic (exact) mass is 248 g/mol. The van der Waals surface area contributed by atoms with Crippen molar-refractivity contribution in [3.8, 4) is 0 Å². The second-order valence-corrected chi connectivity index (χ2v) is 7.58. The summed E-state index contributed by atoms with van der Waals surface area (Å²) < 4.78 is 5.09. The van der Waals surface area contributed by atoms with E-state index in [0.717, 1.165) is 24.7 Å². The third kappa shape index (κ3) is 0.728. The minimum absolute atomic E-state index is 0.121. The van der Waals surface area contributed by atoms with E-state index >= 15 is 0 Å². The summed E-state index contributed by atoms with van der Waals surface area (Å²) in [6, 6.07) is 0. The van der Waals surface area contributed by atoms with Gasteiger partial charge in [-0.3, -0.25) is 4.79 Å². The van der Waals surface area contributed by atoms with Gasteiger partial charge in [-0.2, -0.15) is 0 Å². The van der Waals surface area contributed by atoms with Gasteiger partial charge in [0.15, 0.2) is 0 Å². The molecule has 0 spiro atoms. The number of ether oxygens (including phenoxy) is 1. The standard InChI is InChI=1S/C15H20O3/c1-18-13(16)14-5-9-8-2-7-3-11(9)15(14,17)12(4-7)10(8)6-14/h7-12,17H,2-6H2,1H3/t7?,8?,9-,10+,11+,12-,14?,15?. The van der Waals surface area contributed by atoms with Gasteiger partial charge in [-0.25, -0.2) is 0 Å². The highest BCUT2D eigenvalue weighted by Crippen LogP contribution is 2.80. The van der Waals surface area contributed by atoms with E-state index in [2.05, 4.69) is 0 Å². The molecule has 4 unspecified atom stereocenters. The van der Waals surface area contributed by atoms with E-state index in [0.29, 0.717) is 23.7 Å². The van der Waals surface area contributed by atoms with E-state index in [4.69, 9.17) is 4.74 Å². The highest BCUT2D eigenvalue weighted by molar-refractivity contribution is 5.80. The topological polar surface area (TPSA) is 46.5 Å². The molecule has 7 bridgehead atoms. The molecule has 3 heteroatoms. The Kier molecular flexibility index (Phi) is 1.51. The third-order valence-electron chi connectivity index (χ3n) is 7.56. The zero-order valence-corrected chi connectivity index (χ0v) is 10.8. The van der Waals surface area contributed by atoms with Crippen LogP contribution >= 0.6 is 0 Å². The van der Waals surface area contributed by atoms with Gasteiger partial charge in [0.1, 0.15) is 0 Å². The Labute approximate surface area is 107 Å². The number of hydrogen-bond donors (Lipinski definition) is 1. The summed E-state index contributed by atoms with van der Waals surface area (Å²) in [5, 5.41) is 11.4. The molecule has 0 aromatic carbocycles. The Morgan fingerprint density at radius 3 is 2.28 bits per heavy atom. The van der Waals surface area contributed by atoms with E-state index in [9.17, 15) is 9.90 Å². The molecule has 18 heavy (non-hydrogen) atoms. The normalized spacial score (nSPS) is 65.9. The van der Waals surface area contributed by atoms with E-state index in [1.165, 1.54) is 26.4 Å². The van der Waals surface area contributed by atoms with Crippen molar-refractivity contribution in [1.29, 1.82) is 0 Å². The van der Waals surface area contributed by atoms with E-state index in [1.807, 2.05) is 0 Å². The van der Waals surface area contributed by atoms with Crippen LogP contribution in [0.2, 0.25) is 0 Å². The number of rotatable bonds is 1. The highest BCUT2D eigenvalue weighted by Gasteiger charge is 2.83. The van der Waals surface area contributed by atoms with Crippen LogP contribution < -0.4 is 0 Å². The summed E-state index contributed by atoms with van der Waals surface area (Å²) in [6.45, 7) is 0. The Morgan fingerprint density at radius 1 is 1.11 bits per heavy atom. The smallest absolute Gasteiger partial charge is 0.314 e. The first-order chi connectivity index (χ1) is 8.62. The van der Waals surface area contributed by atoms with Gasteiger partial charge in [0.25, 0.3) is 0 Å². The molecule has 0 saturated heterocycles. The SMILES string of the molecule is COC(=O)C12C[C@@H]3C4CC5C[C@H]([C@H]4C1)C2(O)[C@H]3C5. The lowest BCUT2D eigenvalue weighted by Gasteiger charge is -2.59. The molecule has 0 amide bonds. The predicted octanol–water partition coefficient (Wildman–Crippen LogP) is 1.59. The van der Waals surface area contributed by atoms with Crippen molar-refractivity contribution in [1.82, 2.24) is 0 Å². The molecule has 0 aromatic rings. The zero-order valence-electron chi connectivity index (χ0n) is 10.8. The highest BCUT2D eigenvalue weighted by atomic mass is 16.5. The van der Waals surface area contributed by atoms with Crippen molar-refractivity contribution < 1.29 is 14.6 Å². The molecule has 8 atom stereocenters. The average molecular weight is 248 g/mol. The minimum atomic E-state index is -0.706. The van der Waals surface area contributed by atoms with Crippen LogP contribution in [0.3, 0.4) is 0 Å². The Bertz CT molecular complexity index is 433. The van der Waals surface area contributed by atoms with Crippen molar-refractivity contribution in [3.05, 3.63) is 0 Å². The number of methoxy groups -OCH3 is 1. The molecular formula is C15H20O3. The van der Waals surface area contributed by atoms with E-state index < -0.39 is 11.0 Å². The van der Waals surface area contributed by atoms with Crippen molar-refractivity contribution in [3.63, 3.8) is 0 Å². The van der Waals surface area contributed by atoms with Gasteiger partial charge in [0.05, 0.1) is 18.1 Å². The van der Waals surface area contributed by atoms with Gasteiger partial charge in [0, 0.05) is 0 Å². The largest absolute Gasteiger partial charge is 0.469 e. The van der Waals surface area contributed by atoms with Gasteiger partial charge >= 0.3 is 5.97 Å². The van der Waals surface area contributed by atoms with Crippen LogP contribution in [0, 0.1) is 40.9 Å². The summed E-state index contributed by atoms with van der Waals surface area (Å²) in [6.07, 6.45) is 5.52. The second kappa shape index (κ2) is 2.65. The molecule has 6 saturated carbocycles. The summed E-state index contributed by atoms with van der Waals surface area (Å²) in [5.41, 5.74) is -1.24. The molecule has 6 aliphatic carbocycles. The van der Waals surface area contributed by atoms with Crippen molar-refractivity contribution in [2.45, 2.75) is 37.7 Å². The molecule has 1 N–H and O–H groups in total. The number of carbonyl (C=O) groups is 1. The van der Waals surface area contributed by atoms with Crippen LogP contribution in [0.15, 0.2) is 0 Å². The molecular weight excluding hydrogens is 228 g/mol. The van der Waals surface area contributed by atoms with Crippen LogP contribution in [-0.2, 0) is 9.53 Å². The average Bonchev–Trinajstić information content (AvgIpc) is 2.78. The fourth-order valence-electron chi connectivity index (χ4n) is 7.33. The lowest BCUT2D eigenvalue weighted by Crippen LogP contribution is -2.60. The molecule has 6 fully saturated rings. The number of esters is 1. The molecule has 0 aliphatic heterocycles. The van der Waals surface area contributed by atoms with Gasteiger partial charge in [-0.1, -0.05) is 0 Å². The minimum Gasteiger partial charge on any atom is -0.469 e. The molecule has 0 radical (unpaired) electrons. The first-order valence-corrected chi connectivity index (χ1v) is 7.42. The fourth-order valence-corrected chi connectivity index (χ4v) is 7.33. The molecule has 0 heterocycles. The molecule has 0 aromatic heterocycles. The van der Waals surface area contributed by atoms with Gasteiger partial charge in [0.2, 0.25) is 0 Å². The predicted molar refractivity (Wildman–Crippen MR) is 63.4 cm³/mol. The van der Waals surface area contributed by atoms with Gasteiger partial charge < -0.3 is 9.84 Å². The van der Waals surface area contributed by atoms with Crippen LogP contribution in [0.25, 0.3) is 0 Å². The van der Waals surface area contributed by atoms with E-state index in [1.54, 1.807) is 0 Å². The lowest BCUT2D eigenvalue weighted by atomic mass is 9.47. The van der Waals surface area contributed by atoms with E-state index in [-0.39, 0.29) is 5.97 Å². The first kappa shape index (κ1) is 10.2. The van der Waals surface area contributed by atoms with Crippen molar-refractivity contribution in [2.75, 3.05) is 7.11 Å². The zero-order chi connectivity index (χ0) is 12.3. The number of hydrogen-bond acceptors (Lipinski definition) is 3. The summed E-state index contributed by atoms with van der Waals surface area (Å²) in [7, 11) is 1.48. The molecule has 6 aliphatic rings. The molecule has 3 nitrogen and oxygen atoms in total. The lowest BCUT2D eigenvalue weighted by molar-refractivity contribution is -0.195. The molecule has 6 rings (SSSR count). The van der Waals surface area contributed by atoms with Gasteiger partial charge in [-0.05, 0) is 67.6 Å². The Balaban J connectivity index is 1.73. The van der Waals surface area contributed by atoms with Crippen molar-refractivity contribution in [2.24, 2.45) is 40.9 Å². The second-order valence-electron chi connectivity index (χ2n) is 7.58.